The van der Waals surface area contributed by atoms with Crippen LogP contribution < -0.4 is 15.8 Å². The lowest BCUT2D eigenvalue weighted by Crippen LogP contribution is -2.15. The molecule has 4 rings (SSSR count). The van der Waals surface area contributed by atoms with Gasteiger partial charge in [-0.1, -0.05) is 0 Å². The summed E-state index contributed by atoms with van der Waals surface area (Å²) in [7, 11) is 1.59. The van der Waals surface area contributed by atoms with Crippen LogP contribution >= 0.6 is 0 Å². The molecule has 0 spiro atoms. The molecule has 7 heteroatoms. The zero-order valence-electron chi connectivity index (χ0n) is 14.1. The molecule has 0 radical (unpaired) electrons. The molecule has 2 atom stereocenters. The van der Waals surface area contributed by atoms with Gasteiger partial charge >= 0.3 is 0 Å². The fourth-order valence-electron chi connectivity index (χ4n) is 2.94. The second-order valence-electron chi connectivity index (χ2n) is 6.28. The SMILES string of the molecule is COc1ccncc1-c1cc(N)c2cnc(NC(=O)[C@@H]3C[C@@H]3F)cc2c1. The number of alkyl halides is 1. The monoisotopic (exact) mass is 352 g/mol. The van der Waals surface area contributed by atoms with E-state index in [2.05, 4.69) is 15.3 Å². The van der Waals surface area contributed by atoms with Gasteiger partial charge in [0, 0.05) is 35.2 Å². The van der Waals surface area contributed by atoms with Crippen molar-refractivity contribution in [1.82, 2.24) is 9.97 Å². The van der Waals surface area contributed by atoms with Crippen molar-refractivity contribution < 1.29 is 13.9 Å². The summed E-state index contributed by atoms with van der Waals surface area (Å²) in [5.41, 5.74) is 8.38. The van der Waals surface area contributed by atoms with Crippen molar-refractivity contribution in [3.63, 3.8) is 0 Å². The fraction of sp³-hybridized carbons (Fsp3) is 0.211. The minimum absolute atomic E-state index is 0.275. The molecule has 26 heavy (non-hydrogen) atoms. The van der Waals surface area contributed by atoms with E-state index >= 15 is 0 Å². The minimum atomic E-state index is -1.05. The van der Waals surface area contributed by atoms with Crippen LogP contribution in [0, 0.1) is 5.92 Å². The Hall–Kier alpha value is -3.22. The van der Waals surface area contributed by atoms with Gasteiger partial charge in [0.05, 0.1) is 13.0 Å². The lowest BCUT2D eigenvalue weighted by Gasteiger charge is -2.11. The molecule has 1 amide bonds. The van der Waals surface area contributed by atoms with Crippen molar-refractivity contribution >= 4 is 28.2 Å². The highest BCUT2D eigenvalue weighted by atomic mass is 19.1. The van der Waals surface area contributed by atoms with E-state index in [1.165, 1.54) is 0 Å². The van der Waals surface area contributed by atoms with E-state index in [9.17, 15) is 9.18 Å². The number of nitrogens with zero attached hydrogens (tertiary/aromatic N) is 2. The van der Waals surface area contributed by atoms with E-state index < -0.39 is 12.1 Å². The number of hydrogen-bond donors (Lipinski definition) is 2. The summed E-state index contributed by atoms with van der Waals surface area (Å²) >= 11 is 0. The van der Waals surface area contributed by atoms with Crippen LogP contribution in [-0.4, -0.2) is 29.2 Å². The van der Waals surface area contributed by atoms with Crippen molar-refractivity contribution in [3.05, 3.63) is 42.9 Å². The lowest BCUT2D eigenvalue weighted by molar-refractivity contribution is -0.117. The number of benzene rings is 1. The topological polar surface area (TPSA) is 90.1 Å². The van der Waals surface area contributed by atoms with Crippen LogP contribution in [0.5, 0.6) is 5.75 Å². The predicted molar refractivity (Wildman–Crippen MR) is 97.6 cm³/mol. The zero-order valence-corrected chi connectivity index (χ0v) is 14.1. The molecule has 2 heterocycles. The van der Waals surface area contributed by atoms with Gasteiger partial charge in [0.25, 0.3) is 0 Å². The molecule has 132 valence electrons. The number of amides is 1. The van der Waals surface area contributed by atoms with Crippen LogP contribution in [-0.2, 0) is 4.79 Å². The Labute approximate surface area is 149 Å². The summed E-state index contributed by atoms with van der Waals surface area (Å²) in [5.74, 6) is 0.145. The fourth-order valence-corrected chi connectivity index (χ4v) is 2.94. The molecule has 2 aromatic heterocycles. The van der Waals surface area contributed by atoms with E-state index in [4.69, 9.17) is 10.5 Å². The molecular weight excluding hydrogens is 335 g/mol. The van der Waals surface area contributed by atoms with Gasteiger partial charge in [-0.05, 0) is 41.6 Å². The van der Waals surface area contributed by atoms with Gasteiger partial charge in [-0.25, -0.2) is 9.37 Å². The van der Waals surface area contributed by atoms with Gasteiger partial charge < -0.3 is 15.8 Å². The molecule has 0 saturated heterocycles. The van der Waals surface area contributed by atoms with Crippen LogP contribution in [0.3, 0.4) is 0 Å². The number of aromatic nitrogens is 2. The van der Waals surface area contributed by atoms with Crippen LogP contribution in [0.25, 0.3) is 21.9 Å². The quantitative estimate of drug-likeness (QED) is 0.704. The maximum absolute atomic E-state index is 13.0. The number of rotatable bonds is 4. The smallest absolute Gasteiger partial charge is 0.231 e. The number of nitrogen functional groups attached to an aromatic ring is 1. The number of hydrogen-bond acceptors (Lipinski definition) is 5. The third kappa shape index (κ3) is 2.92. The maximum Gasteiger partial charge on any atom is 0.231 e. The van der Waals surface area contributed by atoms with Crippen molar-refractivity contribution in [3.8, 4) is 16.9 Å². The number of pyridine rings is 2. The first-order valence-corrected chi connectivity index (χ1v) is 8.19. The molecule has 1 aliphatic rings. The summed E-state index contributed by atoms with van der Waals surface area (Å²) in [6.07, 6.45) is 4.19. The normalized spacial score (nSPS) is 18.5. The number of ether oxygens (including phenoxy) is 1. The van der Waals surface area contributed by atoms with Crippen molar-refractivity contribution in [2.45, 2.75) is 12.6 Å². The Balaban J connectivity index is 1.73. The summed E-state index contributed by atoms with van der Waals surface area (Å²) in [6, 6.07) is 7.26. The number of fused-ring (bicyclic) bond motifs is 1. The number of carbonyl (C=O) groups excluding carboxylic acids is 1. The first-order chi connectivity index (χ1) is 12.6. The summed E-state index contributed by atoms with van der Waals surface area (Å²) in [6.45, 7) is 0. The Morgan fingerprint density at radius 3 is 2.88 bits per heavy atom. The van der Waals surface area contributed by atoms with Gasteiger partial charge in [0.2, 0.25) is 5.91 Å². The first-order valence-electron chi connectivity index (χ1n) is 8.19. The van der Waals surface area contributed by atoms with E-state index in [1.54, 1.807) is 37.8 Å². The highest BCUT2D eigenvalue weighted by molar-refractivity contribution is 6.00. The molecule has 3 aromatic rings. The van der Waals surface area contributed by atoms with E-state index in [0.717, 1.165) is 21.9 Å². The molecule has 6 nitrogen and oxygen atoms in total. The molecule has 1 fully saturated rings. The van der Waals surface area contributed by atoms with Crippen molar-refractivity contribution in [2.24, 2.45) is 5.92 Å². The van der Waals surface area contributed by atoms with Gasteiger partial charge in [-0.3, -0.25) is 9.78 Å². The second kappa shape index (κ2) is 6.25. The highest BCUT2D eigenvalue weighted by Gasteiger charge is 2.43. The molecule has 0 aliphatic heterocycles. The highest BCUT2D eigenvalue weighted by Crippen LogP contribution is 2.36. The van der Waals surface area contributed by atoms with Crippen LogP contribution in [0.1, 0.15) is 6.42 Å². The molecule has 1 aliphatic carbocycles. The summed E-state index contributed by atoms with van der Waals surface area (Å²) in [5, 5.41) is 4.24. The number of anilines is 2. The number of carbonyl (C=O) groups is 1. The van der Waals surface area contributed by atoms with E-state index in [0.29, 0.717) is 17.3 Å². The summed E-state index contributed by atoms with van der Waals surface area (Å²) in [4.78, 5) is 20.3. The van der Waals surface area contributed by atoms with E-state index in [-0.39, 0.29) is 12.3 Å². The Morgan fingerprint density at radius 2 is 2.15 bits per heavy atom. The number of halogens is 1. The third-order valence-corrected chi connectivity index (χ3v) is 4.48. The van der Waals surface area contributed by atoms with Gasteiger partial charge in [-0.15, -0.1) is 0 Å². The molecule has 3 N–H and O–H groups in total. The van der Waals surface area contributed by atoms with Crippen LogP contribution in [0.4, 0.5) is 15.9 Å². The largest absolute Gasteiger partial charge is 0.496 e. The Kier molecular flexibility index (Phi) is 3.91. The molecule has 1 saturated carbocycles. The molecule has 0 bridgehead atoms. The Morgan fingerprint density at radius 1 is 1.35 bits per heavy atom. The van der Waals surface area contributed by atoms with Crippen LogP contribution in [0.15, 0.2) is 42.9 Å². The third-order valence-electron chi connectivity index (χ3n) is 4.48. The van der Waals surface area contributed by atoms with Gasteiger partial charge in [-0.2, -0.15) is 0 Å². The second-order valence-corrected chi connectivity index (χ2v) is 6.28. The number of nitrogens with one attached hydrogen (secondary N) is 1. The van der Waals surface area contributed by atoms with Gasteiger partial charge in [0.1, 0.15) is 17.7 Å². The lowest BCUT2D eigenvalue weighted by atomic mass is 10.0. The summed E-state index contributed by atoms with van der Waals surface area (Å²) < 4.78 is 18.4. The number of nitrogens with two attached hydrogens (primary N) is 1. The average molecular weight is 352 g/mol. The standard InChI is InChI=1S/C19H17FN4O2/c1-26-17-2-3-22-8-14(17)10-4-11-6-18(23-9-13(11)16(21)5-10)24-19(25)12-7-15(12)20/h2-6,8-9,12,15H,7,21H2,1H3,(H,23,24,25)/t12-,15+/m1/s1. The maximum atomic E-state index is 13.0. The minimum Gasteiger partial charge on any atom is -0.496 e. The van der Waals surface area contributed by atoms with Crippen molar-refractivity contribution in [1.29, 1.82) is 0 Å². The first kappa shape index (κ1) is 16.3. The molecule has 0 unspecified atom stereocenters. The Bertz CT molecular complexity index is 1010. The predicted octanol–water partition coefficient (Wildman–Crippen LogP) is 3.18. The van der Waals surface area contributed by atoms with Gasteiger partial charge in [0.15, 0.2) is 0 Å². The van der Waals surface area contributed by atoms with Crippen LogP contribution in [0.2, 0.25) is 0 Å². The van der Waals surface area contributed by atoms with E-state index in [1.807, 2.05) is 12.1 Å². The average Bonchev–Trinajstić information content (AvgIpc) is 3.38. The molecule has 1 aromatic carbocycles. The zero-order chi connectivity index (χ0) is 18.3. The molecular formula is C19H17FN4O2. The number of methoxy groups -OCH3 is 1. The van der Waals surface area contributed by atoms with Crippen molar-refractivity contribution in [2.75, 3.05) is 18.2 Å².